The number of carbonyl (C=O) groups is 6. The first-order valence-corrected chi connectivity index (χ1v) is 20.6. The number of halogens is 1. The predicted octanol–water partition coefficient (Wildman–Crippen LogP) is 6.80. The number of benzene rings is 1. The third-order valence-corrected chi connectivity index (χ3v) is 11.8. The Kier molecular flexibility index (Phi) is 14.8. The lowest BCUT2D eigenvalue weighted by molar-refractivity contribution is -0.147. The number of nitrogens with one attached hydrogen (secondary N) is 1. The number of carbonyl (C=O) groups excluding carboxylic acids is 6. The highest BCUT2D eigenvalue weighted by molar-refractivity contribution is 6.38. The minimum absolute atomic E-state index is 0.0425. The van der Waals surface area contributed by atoms with Crippen molar-refractivity contribution in [3.8, 4) is 11.5 Å². The van der Waals surface area contributed by atoms with E-state index in [9.17, 15) is 28.8 Å². The summed E-state index contributed by atoms with van der Waals surface area (Å²) in [6.45, 7) is 7.61. The van der Waals surface area contributed by atoms with E-state index in [1.807, 2.05) is 27.7 Å². The average Bonchev–Trinajstić information content (AvgIpc) is 3.90. The Morgan fingerprint density at radius 1 is 1.00 bits per heavy atom. The van der Waals surface area contributed by atoms with Gasteiger partial charge in [-0.15, -0.1) is 0 Å². The Bertz CT molecular complexity index is 1740. The van der Waals surface area contributed by atoms with Crippen LogP contribution in [0.1, 0.15) is 122 Å². The lowest BCUT2D eigenvalue weighted by atomic mass is 9.74. The van der Waals surface area contributed by atoms with E-state index < -0.39 is 52.9 Å². The molecule has 3 aliphatic rings. The molecule has 1 saturated heterocycles. The highest BCUT2D eigenvalue weighted by Crippen LogP contribution is 2.38. The molecular weight excluding hydrogens is 736 g/mol. The molecule has 2 aromatic rings. The van der Waals surface area contributed by atoms with Crippen molar-refractivity contribution >= 4 is 46.5 Å². The van der Waals surface area contributed by atoms with Crippen LogP contribution in [0.25, 0.3) is 0 Å². The molecule has 12 nitrogen and oxygen atoms in total. The predicted molar refractivity (Wildman–Crippen MR) is 210 cm³/mol. The maximum Gasteiger partial charge on any atom is 0.272 e. The van der Waals surface area contributed by atoms with Crippen molar-refractivity contribution < 1.29 is 38.2 Å². The molecule has 5 atom stereocenters. The fourth-order valence-electron chi connectivity index (χ4n) is 8.13. The summed E-state index contributed by atoms with van der Waals surface area (Å²) in [5, 5.41) is 3.24. The van der Waals surface area contributed by atoms with Gasteiger partial charge in [0.1, 0.15) is 23.3 Å². The maximum atomic E-state index is 14.9. The van der Waals surface area contributed by atoms with Gasteiger partial charge in [0.2, 0.25) is 11.7 Å². The molecule has 5 rings (SSSR count). The largest absolute Gasteiger partial charge is 0.497 e. The molecule has 1 N–H and O–H groups in total. The fourth-order valence-corrected chi connectivity index (χ4v) is 8.35. The third-order valence-electron chi connectivity index (χ3n) is 11.6. The second-order valence-corrected chi connectivity index (χ2v) is 17.3. The molecule has 304 valence electrons. The molecule has 2 amide bonds. The van der Waals surface area contributed by atoms with Crippen molar-refractivity contribution in [1.82, 2.24) is 20.2 Å². The highest BCUT2D eigenvalue weighted by Gasteiger charge is 2.47. The highest BCUT2D eigenvalue weighted by atomic mass is 35.5. The topological polar surface area (TPSA) is 162 Å². The van der Waals surface area contributed by atoms with Crippen LogP contribution in [0.2, 0.25) is 5.02 Å². The second kappa shape index (κ2) is 19.3. The second-order valence-electron chi connectivity index (χ2n) is 16.9. The Balaban J connectivity index is 1.41. The molecule has 3 fully saturated rings. The van der Waals surface area contributed by atoms with Gasteiger partial charge in [0.15, 0.2) is 17.3 Å². The molecule has 1 aromatic carbocycles. The van der Waals surface area contributed by atoms with Gasteiger partial charge in [-0.2, -0.15) is 0 Å². The number of rotatable bonds is 19. The van der Waals surface area contributed by atoms with E-state index >= 15 is 0 Å². The van der Waals surface area contributed by atoms with Crippen LogP contribution in [0.15, 0.2) is 36.8 Å². The molecule has 0 radical (unpaired) electrons. The van der Waals surface area contributed by atoms with Crippen molar-refractivity contribution in [3.05, 3.63) is 47.5 Å². The van der Waals surface area contributed by atoms with E-state index in [0.717, 1.165) is 44.9 Å². The molecule has 0 unspecified atom stereocenters. The van der Waals surface area contributed by atoms with Crippen LogP contribution >= 0.6 is 11.6 Å². The van der Waals surface area contributed by atoms with Gasteiger partial charge in [0.05, 0.1) is 37.0 Å². The van der Waals surface area contributed by atoms with Crippen molar-refractivity contribution in [2.75, 3.05) is 13.7 Å². The van der Waals surface area contributed by atoms with E-state index in [1.54, 1.807) is 18.2 Å². The van der Waals surface area contributed by atoms with Gasteiger partial charge in [-0.3, -0.25) is 33.8 Å². The van der Waals surface area contributed by atoms with E-state index in [1.165, 1.54) is 30.6 Å². The summed E-state index contributed by atoms with van der Waals surface area (Å²) in [5.41, 5.74) is -0.624. The van der Waals surface area contributed by atoms with Crippen LogP contribution in [0.5, 0.6) is 11.5 Å². The van der Waals surface area contributed by atoms with Gasteiger partial charge in [0, 0.05) is 56.0 Å². The number of likely N-dealkylation sites (tertiary alicyclic amines) is 1. The minimum Gasteiger partial charge on any atom is -0.497 e. The number of ketones is 4. The van der Waals surface area contributed by atoms with Crippen molar-refractivity contribution in [2.45, 2.75) is 129 Å². The summed E-state index contributed by atoms with van der Waals surface area (Å²) >= 11 is 6.53. The van der Waals surface area contributed by atoms with Crippen LogP contribution in [-0.4, -0.2) is 81.7 Å². The normalized spacial score (nSPS) is 20.4. The molecule has 0 spiro atoms. The van der Waals surface area contributed by atoms with Crippen LogP contribution in [0, 0.1) is 29.1 Å². The molecule has 2 aliphatic carbocycles. The summed E-state index contributed by atoms with van der Waals surface area (Å²) in [6.07, 6.45) is 10.9. The molecule has 1 aromatic heterocycles. The zero-order valence-corrected chi connectivity index (χ0v) is 34.1. The molecule has 56 heavy (non-hydrogen) atoms. The standard InChI is InChI=1S/C43H57ClN4O8/c1-6-10-28(40(52)37(51)19-26-13-14-26)20-35(49)34-22-30(56-38-16-15-29(55-5)21-32(38)44)25-48(34)42(54)31(43(2,3)4)23-36(50)39(27-11-8-7-9-12-27)47-41(53)33-24-45-17-18-46-33/h15-18,21,24,26-28,30-31,34,39H,6-14,19-20,22-23,25H2,1-5H3,(H,47,53)/t28-,30-,31-,34+,39+/m1/s1. The first-order valence-electron chi connectivity index (χ1n) is 20.2. The Hall–Kier alpha value is -4.19. The summed E-state index contributed by atoms with van der Waals surface area (Å²) in [5.74, 6) is -3.02. The number of nitrogens with zero attached hydrogens (tertiary/aromatic N) is 3. The van der Waals surface area contributed by atoms with Crippen LogP contribution < -0.4 is 14.8 Å². The number of aromatic nitrogens is 2. The number of amides is 2. The van der Waals surface area contributed by atoms with E-state index in [0.29, 0.717) is 29.4 Å². The average molecular weight is 793 g/mol. The van der Waals surface area contributed by atoms with Crippen molar-refractivity contribution in [1.29, 1.82) is 0 Å². The summed E-state index contributed by atoms with van der Waals surface area (Å²) in [4.78, 5) is 92.9. The van der Waals surface area contributed by atoms with Gasteiger partial charge in [0.25, 0.3) is 5.91 Å². The number of methoxy groups -OCH3 is 1. The van der Waals surface area contributed by atoms with E-state index in [2.05, 4.69) is 15.3 Å². The molecular formula is C43H57ClN4O8. The smallest absolute Gasteiger partial charge is 0.272 e. The number of ether oxygens (including phenoxy) is 2. The first kappa shape index (κ1) is 42.9. The van der Waals surface area contributed by atoms with Crippen molar-refractivity contribution in [2.24, 2.45) is 29.1 Å². The van der Waals surface area contributed by atoms with Gasteiger partial charge < -0.3 is 19.7 Å². The zero-order valence-electron chi connectivity index (χ0n) is 33.4. The van der Waals surface area contributed by atoms with Crippen LogP contribution in [-0.2, 0) is 24.0 Å². The van der Waals surface area contributed by atoms with Gasteiger partial charge >= 0.3 is 0 Å². The zero-order chi connectivity index (χ0) is 40.6. The summed E-state index contributed by atoms with van der Waals surface area (Å²) in [6, 6.07) is 3.20. The Morgan fingerprint density at radius 2 is 1.73 bits per heavy atom. The third kappa shape index (κ3) is 11.2. The van der Waals surface area contributed by atoms with Gasteiger partial charge in [-0.1, -0.05) is 65.0 Å². The monoisotopic (exact) mass is 792 g/mol. The lowest BCUT2D eigenvalue weighted by Gasteiger charge is -2.36. The molecule has 2 saturated carbocycles. The number of hydrogen-bond acceptors (Lipinski definition) is 10. The SMILES string of the molecule is CCC[C@H](CC(=O)[C@@H]1C[C@@H](Oc2ccc(OC)cc2Cl)CN1C(=O)[C@@H](CC(=O)[C@@H](NC(=O)c1cnccn1)C1CCCCC1)C(C)(C)C)C(=O)C(=O)CC1CC1. The molecule has 1 aliphatic heterocycles. The lowest BCUT2D eigenvalue weighted by Crippen LogP contribution is -2.51. The fraction of sp³-hybridized carbons (Fsp3) is 0.628. The minimum atomic E-state index is -0.958. The van der Waals surface area contributed by atoms with Crippen molar-refractivity contribution in [3.63, 3.8) is 0 Å². The molecule has 2 heterocycles. The first-order chi connectivity index (χ1) is 26.7. The van der Waals surface area contributed by atoms with Crippen LogP contribution in [0.3, 0.4) is 0 Å². The van der Waals surface area contributed by atoms with Crippen LogP contribution in [0.4, 0.5) is 0 Å². The summed E-state index contributed by atoms with van der Waals surface area (Å²) in [7, 11) is 1.53. The van der Waals surface area contributed by atoms with Gasteiger partial charge in [-0.05, 0) is 61.5 Å². The summed E-state index contributed by atoms with van der Waals surface area (Å²) < 4.78 is 11.6. The van der Waals surface area contributed by atoms with E-state index in [-0.39, 0.29) is 67.2 Å². The molecule has 0 bridgehead atoms. The number of hydrogen-bond donors (Lipinski definition) is 1. The van der Waals surface area contributed by atoms with E-state index in [4.69, 9.17) is 21.1 Å². The molecule has 13 heteroatoms. The Morgan fingerprint density at radius 3 is 2.34 bits per heavy atom. The van der Waals surface area contributed by atoms with Gasteiger partial charge in [-0.25, -0.2) is 4.98 Å². The quantitative estimate of drug-likeness (QED) is 0.150. The Labute approximate surface area is 335 Å². The maximum absolute atomic E-state index is 14.9. The number of Topliss-reactive ketones (excluding diaryl/α,β-unsaturated/α-hetero) is 4.